The normalized spacial score (nSPS) is 11.8. The van der Waals surface area contributed by atoms with Gasteiger partial charge in [-0.25, -0.2) is 4.39 Å². The Labute approximate surface area is 208 Å². The van der Waals surface area contributed by atoms with Crippen molar-refractivity contribution in [3.05, 3.63) is 107 Å². The minimum Gasteiger partial charge on any atom is -0.352 e. The number of nitrogens with zero attached hydrogens (tertiary/aromatic N) is 1. The Hall–Kier alpha value is -3.47. The number of rotatable bonds is 11. The van der Waals surface area contributed by atoms with Crippen LogP contribution in [0.4, 0.5) is 4.39 Å². The molecular weight excluding hydrogens is 439 g/mol. The molecule has 4 nitrogen and oxygen atoms in total. The van der Waals surface area contributed by atoms with Crippen molar-refractivity contribution < 1.29 is 14.0 Å². The van der Waals surface area contributed by atoms with E-state index in [9.17, 15) is 14.0 Å². The van der Waals surface area contributed by atoms with Crippen LogP contribution in [-0.2, 0) is 35.4 Å². The van der Waals surface area contributed by atoms with Crippen molar-refractivity contribution in [2.24, 2.45) is 0 Å². The van der Waals surface area contributed by atoms with E-state index >= 15 is 0 Å². The first-order valence-electron chi connectivity index (χ1n) is 12.3. The largest absolute Gasteiger partial charge is 0.352 e. The van der Waals surface area contributed by atoms with Gasteiger partial charge in [0, 0.05) is 31.0 Å². The highest BCUT2D eigenvalue weighted by atomic mass is 19.1. The number of aryl methyl sites for hydroxylation is 2. The van der Waals surface area contributed by atoms with Crippen molar-refractivity contribution in [2.75, 3.05) is 0 Å². The first kappa shape index (κ1) is 26.1. The molecule has 0 radical (unpaired) electrons. The van der Waals surface area contributed by atoms with Crippen LogP contribution < -0.4 is 5.32 Å². The Kier molecular flexibility index (Phi) is 9.59. The lowest BCUT2D eigenvalue weighted by atomic mass is 10.0. The second-order valence-electron chi connectivity index (χ2n) is 9.15. The van der Waals surface area contributed by atoms with Crippen molar-refractivity contribution in [3.63, 3.8) is 0 Å². The van der Waals surface area contributed by atoms with Gasteiger partial charge >= 0.3 is 0 Å². The second kappa shape index (κ2) is 12.8. The fourth-order valence-corrected chi connectivity index (χ4v) is 4.08. The van der Waals surface area contributed by atoms with Crippen molar-refractivity contribution in [1.29, 1.82) is 0 Å². The maximum atomic E-state index is 14.6. The van der Waals surface area contributed by atoms with E-state index in [1.165, 1.54) is 11.6 Å². The molecule has 0 aliphatic heterocycles. The van der Waals surface area contributed by atoms with E-state index < -0.39 is 6.04 Å². The SMILES string of the molecule is CCc1ccc(CCC(=O)N(Cc2ccccc2F)[C@H](Cc2ccccc2)C(=O)NC(C)C)cc1. The molecule has 0 saturated heterocycles. The topological polar surface area (TPSA) is 49.4 Å². The van der Waals surface area contributed by atoms with E-state index in [-0.39, 0.29) is 36.6 Å². The van der Waals surface area contributed by atoms with Crippen molar-refractivity contribution in [1.82, 2.24) is 10.2 Å². The van der Waals surface area contributed by atoms with Crippen LogP contribution >= 0.6 is 0 Å². The van der Waals surface area contributed by atoms with Gasteiger partial charge in [-0.1, -0.05) is 79.7 Å². The van der Waals surface area contributed by atoms with Crippen molar-refractivity contribution in [2.45, 2.75) is 65.1 Å². The fourth-order valence-electron chi connectivity index (χ4n) is 4.08. The summed E-state index contributed by atoms with van der Waals surface area (Å²) >= 11 is 0. The molecule has 0 aromatic heterocycles. The second-order valence-corrected chi connectivity index (χ2v) is 9.15. The van der Waals surface area contributed by atoms with Gasteiger partial charge in [-0.3, -0.25) is 9.59 Å². The Balaban J connectivity index is 1.89. The Morgan fingerprint density at radius 3 is 2.11 bits per heavy atom. The van der Waals surface area contributed by atoms with E-state index in [1.54, 1.807) is 23.1 Å². The lowest BCUT2D eigenvalue weighted by molar-refractivity contribution is -0.141. The summed E-state index contributed by atoms with van der Waals surface area (Å²) in [6, 6.07) is 23.4. The molecule has 3 rings (SSSR count). The summed E-state index contributed by atoms with van der Waals surface area (Å²) in [5, 5.41) is 2.96. The van der Waals surface area contributed by atoms with Gasteiger partial charge in [-0.05, 0) is 49.4 Å². The number of hydrogen-bond donors (Lipinski definition) is 1. The summed E-state index contributed by atoms with van der Waals surface area (Å²) in [5.41, 5.74) is 3.64. The highest BCUT2D eigenvalue weighted by Gasteiger charge is 2.31. The zero-order chi connectivity index (χ0) is 25.2. The van der Waals surface area contributed by atoms with Gasteiger partial charge in [-0.15, -0.1) is 0 Å². The number of carbonyl (C=O) groups excluding carboxylic acids is 2. The fraction of sp³-hybridized carbons (Fsp3) is 0.333. The molecule has 0 spiro atoms. The molecule has 0 aliphatic carbocycles. The zero-order valence-electron chi connectivity index (χ0n) is 20.8. The van der Waals surface area contributed by atoms with Gasteiger partial charge < -0.3 is 10.2 Å². The molecule has 1 atom stereocenters. The first-order valence-corrected chi connectivity index (χ1v) is 12.3. The minimum absolute atomic E-state index is 0.0310. The molecule has 0 unspecified atom stereocenters. The number of carbonyl (C=O) groups is 2. The summed E-state index contributed by atoms with van der Waals surface area (Å²) < 4.78 is 14.6. The lowest BCUT2D eigenvalue weighted by Gasteiger charge is -2.32. The predicted octanol–water partition coefficient (Wildman–Crippen LogP) is 5.49. The maximum Gasteiger partial charge on any atom is 0.243 e. The number of nitrogens with one attached hydrogen (secondary N) is 1. The van der Waals surface area contributed by atoms with E-state index in [1.807, 2.05) is 56.3 Å². The number of halogens is 1. The third-order valence-corrected chi connectivity index (χ3v) is 6.06. The number of hydrogen-bond acceptors (Lipinski definition) is 2. The summed E-state index contributed by atoms with van der Waals surface area (Å²) in [5.74, 6) is -0.795. The molecule has 2 amide bonds. The third kappa shape index (κ3) is 7.78. The van der Waals surface area contributed by atoms with Gasteiger partial charge in [0.1, 0.15) is 11.9 Å². The zero-order valence-corrected chi connectivity index (χ0v) is 20.8. The molecule has 0 heterocycles. The smallest absolute Gasteiger partial charge is 0.243 e. The van der Waals surface area contributed by atoms with E-state index in [4.69, 9.17) is 0 Å². The maximum absolute atomic E-state index is 14.6. The standard InChI is InChI=1S/C30H35FN2O2/c1-4-23-14-16-24(17-15-23)18-19-29(34)33(21-26-12-8-9-13-27(26)31)28(30(35)32-22(2)3)20-25-10-6-5-7-11-25/h5-17,22,28H,4,18-21H2,1-3H3,(H,32,35)/t28-/m1/s1. The monoisotopic (exact) mass is 474 g/mol. The van der Waals surface area contributed by atoms with Crippen LogP contribution in [0.2, 0.25) is 0 Å². The predicted molar refractivity (Wildman–Crippen MR) is 138 cm³/mol. The van der Waals surface area contributed by atoms with E-state index in [0.29, 0.717) is 18.4 Å². The van der Waals surface area contributed by atoms with Gasteiger partial charge in [-0.2, -0.15) is 0 Å². The molecule has 3 aromatic carbocycles. The van der Waals surface area contributed by atoms with E-state index in [2.05, 4.69) is 24.4 Å². The van der Waals surface area contributed by atoms with Crippen LogP contribution in [0, 0.1) is 5.82 Å². The van der Waals surface area contributed by atoms with Gasteiger partial charge in [0.2, 0.25) is 11.8 Å². The Bertz CT molecular complexity index is 1100. The molecule has 35 heavy (non-hydrogen) atoms. The molecular formula is C30H35FN2O2. The first-order chi connectivity index (χ1) is 16.9. The molecule has 3 aromatic rings. The average Bonchev–Trinajstić information content (AvgIpc) is 2.86. The van der Waals surface area contributed by atoms with Crippen LogP contribution in [0.5, 0.6) is 0 Å². The highest BCUT2D eigenvalue weighted by Crippen LogP contribution is 2.19. The minimum atomic E-state index is -0.755. The lowest BCUT2D eigenvalue weighted by Crippen LogP contribution is -2.52. The summed E-state index contributed by atoms with van der Waals surface area (Å²) in [4.78, 5) is 28.5. The molecule has 184 valence electrons. The van der Waals surface area contributed by atoms with Gasteiger partial charge in [0.05, 0.1) is 0 Å². The molecule has 5 heteroatoms. The van der Waals surface area contributed by atoms with Crippen LogP contribution in [0.3, 0.4) is 0 Å². The molecule has 0 fully saturated rings. The van der Waals surface area contributed by atoms with Crippen LogP contribution in [0.1, 0.15) is 49.4 Å². The van der Waals surface area contributed by atoms with Gasteiger partial charge in [0.25, 0.3) is 0 Å². The molecule has 1 N–H and O–H groups in total. The van der Waals surface area contributed by atoms with Gasteiger partial charge in [0.15, 0.2) is 0 Å². The highest BCUT2D eigenvalue weighted by molar-refractivity contribution is 5.88. The quantitative estimate of drug-likeness (QED) is 0.400. The van der Waals surface area contributed by atoms with Crippen molar-refractivity contribution in [3.8, 4) is 0 Å². The number of benzene rings is 3. The third-order valence-electron chi connectivity index (χ3n) is 6.06. The van der Waals surface area contributed by atoms with Crippen LogP contribution in [0.25, 0.3) is 0 Å². The van der Waals surface area contributed by atoms with Crippen molar-refractivity contribution >= 4 is 11.8 Å². The Morgan fingerprint density at radius 1 is 0.857 bits per heavy atom. The Morgan fingerprint density at radius 2 is 1.49 bits per heavy atom. The van der Waals surface area contributed by atoms with Crippen LogP contribution in [-0.4, -0.2) is 28.8 Å². The molecule has 0 aliphatic rings. The summed E-state index contributed by atoms with van der Waals surface area (Å²) in [6.07, 6.45) is 2.10. The summed E-state index contributed by atoms with van der Waals surface area (Å²) in [6.45, 7) is 5.92. The number of amides is 2. The molecule has 0 saturated carbocycles. The average molecular weight is 475 g/mol. The van der Waals surface area contributed by atoms with E-state index in [0.717, 1.165) is 17.5 Å². The van der Waals surface area contributed by atoms with Crippen LogP contribution in [0.15, 0.2) is 78.9 Å². The summed E-state index contributed by atoms with van der Waals surface area (Å²) in [7, 11) is 0. The molecule has 0 bridgehead atoms.